The van der Waals surface area contributed by atoms with Crippen LogP contribution in [0.4, 0.5) is 0 Å². The molecule has 1 amide bonds. The summed E-state index contributed by atoms with van der Waals surface area (Å²) in [5.41, 5.74) is 5.03. The summed E-state index contributed by atoms with van der Waals surface area (Å²) in [7, 11) is 0. The Morgan fingerprint density at radius 2 is 2.07 bits per heavy atom. The lowest BCUT2D eigenvalue weighted by Gasteiger charge is -2.26. The Bertz CT molecular complexity index is 346. The normalized spacial score (nSPS) is 16.1. The van der Waals surface area contributed by atoms with Gasteiger partial charge >= 0.3 is 0 Å². The molecule has 0 saturated carbocycles. The van der Waals surface area contributed by atoms with E-state index in [2.05, 4.69) is 10.7 Å². The summed E-state index contributed by atoms with van der Waals surface area (Å²) < 4.78 is 1.84. The minimum absolute atomic E-state index is 0.101. The van der Waals surface area contributed by atoms with Gasteiger partial charge in [-0.1, -0.05) is 0 Å². The van der Waals surface area contributed by atoms with Crippen LogP contribution in [0, 0.1) is 19.8 Å². The minimum Gasteiger partial charge on any atom is -0.316 e. The molecule has 0 spiro atoms. The zero-order chi connectivity index (χ0) is 10.8. The zero-order valence-corrected chi connectivity index (χ0v) is 9.21. The average molecular weight is 207 g/mol. The Labute approximate surface area is 89.6 Å². The molecule has 0 atom stereocenters. The molecule has 0 bridgehead atoms. The third-order valence-corrected chi connectivity index (χ3v) is 2.85. The van der Waals surface area contributed by atoms with Gasteiger partial charge in [-0.25, -0.2) is 0 Å². The van der Waals surface area contributed by atoms with Crippen LogP contribution in [0.2, 0.25) is 0 Å². The van der Waals surface area contributed by atoms with Gasteiger partial charge in [0.1, 0.15) is 0 Å². The Balaban J connectivity index is 1.93. The van der Waals surface area contributed by atoms with Crippen molar-refractivity contribution in [1.82, 2.24) is 9.99 Å². The quantitative estimate of drug-likeness (QED) is 0.769. The summed E-state index contributed by atoms with van der Waals surface area (Å²) in [5.74, 6) is 0.616. The summed E-state index contributed by atoms with van der Waals surface area (Å²) >= 11 is 0. The van der Waals surface area contributed by atoms with Gasteiger partial charge < -0.3 is 5.32 Å². The van der Waals surface area contributed by atoms with E-state index in [-0.39, 0.29) is 5.91 Å². The molecular formula is C11H17N3O. The van der Waals surface area contributed by atoms with Crippen LogP contribution in [0.3, 0.4) is 0 Å². The molecule has 1 fully saturated rings. The molecule has 0 unspecified atom stereocenters. The van der Waals surface area contributed by atoms with E-state index in [1.165, 1.54) is 0 Å². The number of rotatable bonds is 3. The van der Waals surface area contributed by atoms with Crippen LogP contribution in [-0.4, -0.2) is 23.7 Å². The number of hydrogen-bond donors (Lipinski definition) is 2. The number of aromatic nitrogens is 1. The fourth-order valence-electron chi connectivity index (χ4n) is 1.77. The SMILES string of the molecule is Cc1ccc(C)n1NC(=O)CC1CNC1. The molecule has 0 radical (unpaired) electrons. The van der Waals surface area contributed by atoms with Crippen molar-refractivity contribution in [2.75, 3.05) is 18.5 Å². The largest absolute Gasteiger partial charge is 0.316 e. The van der Waals surface area contributed by atoms with Gasteiger partial charge in [-0.2, -0.15) is 0 Å². The topological polar surface area (TPSA) is 46.1 Å². The molecule has 0 aromatic carbocycles. The van der Waals surface area contributed by atoms with Crippen LogP contribution < -0.4 is 10.7 Å². The number of hydrogen-bond acceptors (Lipinski definition) is 2. The molecule has 1 aromatic rings. The molecule has 1 aliphatic rings. The second-order valence-electron chi connectivity index (χ2n) is 4.21. The van der Waals surface area contributed by atoms with E-state index in [0.29, 0.717) is 12.3 Å². The van der Waals surface area contributed by atoms with Crippen LogP contribution in [-0.2, 0) is 4.79 Å². The third-order valence-electron chi connectivity index (χ3n) is 2.85. The lowest BCUT2D eigenvalue weighted by molar-refractivity contribution is -0.118. The number of carbonyl (C=O) groups is 1. The molecule has 4 nitrogen and oxygen atoms in total. The monoisotopic (exact) mass is 207 g/mol. The van der Waals surface area contributed by atoms with Crippen molar-refractivity contribution >= 4 is 5.91 Å². The summed E-state index contributed by atoms with van der Waals surface area (Å²) in [6, 6.07) is 4.00. The maximum atomic E-state index is 11.7. The summed E-state index contributed by atoms with van der Waals surface area (Å²) in [5, 5.41) is 3.16. The molecule has 0 aliphatic carbocycles. The Hall–Kier alpha value is -1.29. The first-order valence-electron chi connectivity index (χ1n) is 5.32. The lowest BCUT2D eigenvalue weighted by atomic mass is 9.99. The van der Waals surface area contributed by atoms with Crippen LogP contribution >= 0.6 is 0 Å². The fraction of sp³-hybridized carbons (Fsp3) is 0.545. The van der Waals surface area contributed by atoms with E-state index in [1.54, 1.807) is 0 Å². The van der Waals surface area contributed by atoms with Gasteiger partial charge in [-0.15, -0.1) is 0 Å². The van der Waals surface area contributed by atoms with E-state index in [1.807, 2.05) is 30.7 Å². The van der Waals surface area contributed by atoms with Gasteiger partial charge in [0, 0.05) is 17.8 Å². The van der Waals surface area contributed by atoms with Crippen molar-refractivity contribution < 1.29 is 4.79 Å². The van der Waals surface area contributed by atoms with Gasteiger partial charge in [-0.05, 0) is 45.0 Å². The smallest absolute Gasteiger partial charge is 0.239 e. The first kappa shape index (κ1) is 10.2. The minimum atomic E-state index is 0.101. The number of carbonyl (C=O) groups excluding carboxylic acids is 1. The summed E-state index contributed by atoms with van der Waals surface area (Å²) in [4.78, 5) is 11.7. The van der Waals surface area contributed by atoms with Crippen molar-refractivity contribution in [3.63, 3.8) is 0 Å². The van der Waals surface area contributed by atoms with Crippen molar-refractivity contribution in [2.24, 2.45) is 5.92 Å². The van der Waals surface area contributed by atoms with E-state index in [0.717, 1.165) is 24.5 Å². The second kappa shape index (κ2) is 4.06. The highest BCUT2D eigenvalue weighted by atomic mass is 16.2. The van der Waals surface area contributed by atoms with Crippen LogP contribution in [0.1, 0.15) is 17.8 Å². The van der Waals surface area contributed by atoms with Crippen molar-refractivity contribution in [3.8, 4) is 0 Å². The fourth-order valence-corrected chi connectivity index (χ4v) is 1.77. The highest BCUT2D eigenvalue weighted by Crippen LogP contribution is 2.09. The summed E-state index contributed by atoms with van der Waals surface area (Å²) in [6.45, 7) is 5.91. The molecule has 1 aliphatic heterocycles. The van der Waals surface area contributed by atoms with Crippen LogP contribution in [0.15, 0.2) is 12.1 Å². The number of nitrogens with one attached hydrogen (secondary N) is 2. The lowest BCUT2D eigenvalue weighted by Crippen LogP contribution is -2.44. The predicted octanol–water partition coefficient (Wildman–Crippen LogP) is 0.785. The van der Waals surface area contributed by atoms with Gasteiger partial charge in [0.25, 0.3) is 0 Å². The predicted molar refractivity (Wildman–Crippen MR) is 59.3 cm³/mol. The van der Waals surface area contributed by atoms with E-state index in [9.17, 15) is 4.79 Å². The average Bonchev–Trinajstić information content (AvgIpc) is 2.43. The molecule has 2 heterocycles. The molecule has 2 rings (SSSR count). The van der Waals surface area contributed by atoms with Gasteiger partial charge in [-0.3, -0.25) is 14.9 Å². The van der Waals surface area contributed by atoms with Crippen molar-refractivity contribution in [1.29, 1.82) is 0 Å². The maximum absolute atomic E-state index is 11.7. The Kier molecular flexibility index (Phi) is 2.77. The highest BCUT2D eigenvalue weighted by molar-refractivity contribution is 5.84. The van der Waals surface area contributed by atoms with Gasteiger partial charge in [0.05, 0.1) is 0 Å². The first-order valence-corrected chi connectivity index (χ1v) is 5.32. The van der Waals surface area contributed by atoms with Crippen molar-refractivity contribution in [3.05, 3.63) is 23.5 Å². The number of nitrogens with zero attached hydrogens (tertiary/aromatic N) is 1. The number of amides is 1. The van der Waals surface area contributed by atoms with E-state index < -0.39 is 0 Å². The molecule has 15 heavy (non-hydrogen) atoms. The Morgan fingerprint density at radius 3 is 2.53 bits per heavy atom. The molecule has 1 aromatic heterocycles. The highest BCUT2D eigenvalue weighted by Gasteiger charge is 2.20. The molecule has 1 saturated heterocycles. The summed E-state index contributed by atoms with van der Waals surface area (Å²) in [6.07, 6.45) is 0.615. The third kappa shape index (κ3) is 2.21. The van der Waals surface area contributed by atoms with Crippen LogP contribution in [0.5, 0.6) is 0 Å². The zero-order valence-electron chi connectivity index (χ0n) is 9.21. The van der Waals surface area contributed by atoms with Crippen molar-refractivity contribution in [2.45, 2.75) is 20.3 Å². The maximum Gasteiger partial charge on any atom is 0.239 e. The van der Waals surface area contributed by atoms with E-state index in [4.69, 9.17) is 0 Å². The second-order valence-corrected chi connectivity index (χ2v) is 4.21. The van der Waals surface area contributed by atoms with Gasteiger partial charge in [0.2, 0.25) is 5.91 Å². The molecule has 4 heteroatoms. The standard InChI is InChI=1S/C11H17N3O/c1-8-3-4-9(2)14(8)13-11(15)5-10-6-12-7-10/h3-4,10,12H,5-7H2,1-2H3,(H,13,15). The van der Waals surface area contributed by atoms with Crippen LogP contribution in [0.25, 0.3) is 0 Å². The van der Waals surface area contributed by atoms with E-state index >= 15 is 0 Å². The molecule has 82 valence electrons. The first-order chi connectivity index (χ1) is 7.16. The molecular weight excluding hydrogens is 190 g/mol. The number of aryl methyl sites for hydroxylation is 2. The molecule has 2 N–H and O–H groups in total. The Morgan fingerprint density at radius 1 is 1.47 bits per heavy atom. The van der Waals surface area contributed by atoms with Gasteiger partial charge in [0.15, 0.2) is 0 Å².